The molecule has 0 saturated carbocycles. The fraction of sp³-hybridized carbons (Fsp3) is 0.561. The van der Waals surface area contributed by atoms with Gasteiger partial charge < -0.3 is 73.3 Å². The Kier molecular flexibility index (Phi) is 56.4. The number of rotatable bonds is 28. The minimum absolute atomic E-state index is 0. The summed E-state index contributed by atoms with van der Waals surface area (Å²) in [6, 6.07) is 37.1. The molecule has 2 amide bonds. The van der Waals surface area contributed by atoms with Crippen molar-refractivity contribution in [1.82, 2.24) is 24.9 Å². The molecule has 0 spiro atoms. The number of likely N-dealkylation sites (tertiary alicyclic amines) is 4. The van der Waals surface area contributed by atoms with Crippen LogP contribution in [0.1, 0.15) is 154 Å². The second-order valence-corrected chi connectivity index (χ2v) is 35.8. The summed E-state index contributed by atoms with van der Waals surface area (Å²) in [7, 11) is 10.0. The third-order valence-electron chi connectivity index (χ3n) is 22.7. The van der Waals surface area contributed by atoms with E-state index in [0.29, 0.717) is 161 Å². The summed E-state index contributed by atoms with van der Waals surface area (Å²) < 4.78 is 176. The Balaban J connectivity index is 0.000000585. The Morgan fingerprint density at radius 1 is 0.469 bits per heavy atom. The molecular formula is C98H137B2BrF9N8O25. The van der Waals surface area contributed by atoms with Crippen LogP contribution in [-0.2, 0) is 109 Å². The summed E-state index contributed by atoms with van der Waals surface area (Å²) in [5, 5.41) is 32.0. The number of esters is 5. The van der Waals surface area contributed by atoms with Crippen molar-refractivity contribution in [3.63, 3.8) is 0 Å². The molecular weight excluding hydrogens is 1960 g/mol. The van der Waals surface area contributed by atoms with Crippen molar-refractivity contribution in [1.29, 1.82) is 0 Å². The largest absolute Gasteiger partial charge is 0.492 e. The van der Waals surface area contributed by atoms with Crippen LogP contribution >= 0.6 is 15.9 Å². The third kappa shape index (κ3) is 45.7. The number of alkyl halides is 10. The summed E-state index contributed by atoms with van der Waals surface area (Å²) in [6.07, 6.45) is -5.92. The molecule has 5 fully saturated rings. The Hall–Kier alpha value is -11.3. The van der Waals surface area contributed by atoms with Crippen molar-refractivity contribution in [2.45, 2.75) is 176 Å². The molecule has 1 radical (unpaired) electrons. The van der Waals surface area contributed by atoms with Crippen LogP contribution in [0.15, 0.2) is 146 Å². The minimum Gasteiger partial charge on any atom is -0.492 e. The molecule has 5 aliphatic heterocycles. The van der Waals surface area contributed by atoms with Crippen LogP contribution in [0.5, 0.6) is 17.2 Å². The van der Waals surface area contributed by atoms with Crippen molar-refractivity contribution >= 4 is 89.7 Å². The first-order chi connectivity index (χ1) is 66.5. The van der Waals surface area contributed by atoms with Crippen molar-refractivity contribution < 1.29 is 150 Å². The summed E-state index contributed by atoms with van der Waals surface area (Å²) in [6.45, 7) is 20.6. The van der Waals surface area contributed by atoms with Gasteiger partial charge in [-0.15, -0.1) is 0 Å². The van der Waals surface area contributed by atoms with Gasteiger partial charge in [-0.1, -0.05) is 122 Å². The fourth-order valence-electron chi connectivity index (χ4n) is 15.5. The Morgan fingerprint density at radius 3 is 1.08 bits per heavy atom. The number of carbonyl (C=O) groups excluding carboxylic acids is 7. The first kappa shape index (κ1) is 128. The number of nitrogen functional groups attached to an aromatic ring is 1. The zero-order chi connectivity index (χ0) is 105. The molecule has 6 aromatic carbocycles. The predicted octanol–water partition coefficient (Wildman–Crippen LogP) is 17.9. The van der Waals surface area contributed by atoms with Crippen LogP contribution < -0.4 is 25.3 Å². The Morgan fingerprint density at radius 2 is 0.783 bits per heavy atom. The van der Waals surface area contributed by atoms with E-state index in [1.54, 1.807) is 16.6 Å². The normalized spacial score (nSPS) is 15.6. The molecule has 795 valence electrons. The molecule has 11 rings (SSSR count). The van der Waals surface area contributed by atoms with Gasteiger partial charge in [-0.05, 0) is 205 Å². The second-order valence-electron chi connectivity index (χ2n) is 35.0. The number of methoxy groups -OCH3 is 5. The SMILES string of the molecule is C.C.CO.COC(=O)C1(Cc2ccccc2)CCN(C(=O)OC(C)(C)C)CC1.COC(=O)C1(Cc2ccccc2)CCN(CCOc2cc(N)cc(C(F)(F)F)c2)CC1.COC(=O)C1(Cc2ccccc2)CCN(CCOc2cc([N+](=O)[O-])cc(C(F)(F)F)c2)CC1.COC(=O)C1CCN(C(=O)OC(C)(C)C)CC1.COC(=O)C1CCNCC1.C[B]OOCB=O.O=[N+]([O-])c1cc(OCCBr)cc(C(F)(F)F)c1. The maximum Gasteiger partial charge on any atom is 0.416 e. The van der Waals surface area contributed by atoms with Crippen molar-refractivity contribution in [2.24, 2.45) is 28.1 Å². The summed E-state index contributed by atoms with van der Waals surface area (Å²) in [5.74, 6) is -1.12. The molecule has 143 heavy (non-hydrogen) atoms. The Labute approximate surface area is 839 Å². The number of ether oxygens (including phenoxy) is 10. The Bertz CT molecular complexity index is 4820. The van der Waals surface area contributed by atoms with Crippen LogP contribution in [-0.4, -0.2) is 255 Å². The van der Waals surface area contributed by atoms with Crippen molar-refractivity contribution in [3.8, 4) is 17.2 Å². The number of hydrogen-bond donors (Lipinski definition) is 3. The zero-order valence-corrected chi connectivity index (χ0v) is 83.3. The van der Waals surface area contributed by atoms with Gasteiger partial charge >= 0.3 is 103 Å². The quantitative estimate of drug-likeness (QED) is 0.00392. The van der Waals surface area contributed by atoms with E-state index in [-0.39, 0.29) is 118 Å². The topological polar surface area (TPSA) is 405 Å². The smallest absolute Gasteiger partial charge is 0.416 e. The average molecular weight is 2100 g/mol. The van der Waals surface area contributed by atoms with Gasteiger partial charge in [-0.25, -0.2) is 9.59 Å². The number of hydrogen-bond acceptors (Lipinski definition) is 29. The van der Waals surface area contributed by atoms with Gasteiger partial charge in [0.25, 0.3) is 11.4 Å². The van der Waals surface area contributed by atoms with Crippen LogP contribution in [0.25, 0.3) is 0 Å². The minimum atomic E-state index is -4.72. The number of aliphatic hydroxyl groups excluding tert-OH is 1. The summed E-state index contributed by atoms with van der Waals surface area (Å²) >= 11 is 3.03. The molecule has 5 saturated heterocycles. The third-order valence-corrected chi connectivity index (χ3v) is 23.0. The van der Waals surface area contributed by atoms with E-state index < -0.39 is 83.9 Å². The van der Waals surface area contributed by atoms with Gasteiger partial charge in [0.1, 0.15) is 41.7 Å². The second kappa shape index (κ2) is 63.1. The number of piperidine rings is 5. The number of nitrogens with zero attached hydrogens (tertiary/aromatic N) is 6. The molecule has 6 aromatic rings. The standard InChI is InChI=1S/C23H25F3N2O5.C23H27F3N2O3.C19H27NO4.C12H21NO4.C9H7BrF3NO3.C7H13NO2.C2H5B2O3.CH4O.2CH4/c1-32-21(29)22(16-17-5-3-2-4-6-17)7-9-27(10-8-22)11-12-33-20-14-18(23(24,25)26)13-19(15-20)28(30)31;1-30-21(29)22(16-17-5-3-2-4-6-17)7-9-28(10-8-22)11-12-31-20-14-18(23(24,25)26)13-19(27)15-20;1-18(2,3)24-17(22)20-12-10-19(11-13-20,16(21)23-4)14-15-8-6-5-7-9-15;1-12(2,3)17-11(15)13-7-5-9(6-8-13)10(14)16-4;10-1-2-17-8-4-6(9(11,12)13)3-7(5-8)14(15)16;1-10-7(9)6-2-4-8-5-3-6;1-3-7-6-2-4-5;1-2;;/h2-6,13-15H,7-12,16H2,1H3;2-6,13-15H,7-12,16,27H2,1H3;5-9H,10-14H2,1-4H3;9H,5-8H2,1-4H3;3-5H,1-2H2;6,8H,2-5H2,1H3;2H2,1H3;2H,1H3;2*1H4. The number of nitrogens with two attached hydrogens (primary N) is 1. The van der Waals surface area contributed by atoms with Gasteiger partial charge in [-0.3, -0.25) is 54.0 Å². The molecule has 0 atom stereocenters. The molecule has 5 aliphatic rings. The molecule has 0 bridgehead atoms. The monoisotopic (exact) mass is 2100 g/mol. The van der Waals surface area contributed by atoms with Crippen molar-refractivity contribution in [2.75, 3.05) is 159 Å². The molecule has 4 N–H and O–H groups in total. The number of halogens is 10. The number of carbonyl (C=O) groups is 7. The molecule has 0 aliphatic carbocycles. The number of nitro benzene ring substituents is 2. The summed E-state index contributed by atoms with van der Waals surface area (Å²) in [5.41, 5.74) is 1.67. The average Bonchev–Trinajstić information content (AvgIpc) is 0.803. The van der Waals surface area contributed by atoms with Crippen LogP contribution in [0.2, 0.25) is 6.82 Å². The number of amides is 2. The number of nitro groups is 2. The molecule has 0 unspecified atom stereocenters. The van der Waals surface area contributed by atoms with Crippen LogP contribution in [0.4, 0.5) is 66.2 Å². The number of non-ortho nitro benzene ring substituents is 2. The van der Waals surface area contributed by atoms with Crippen molar-refractivity contribution in [3.05, 3.63) is 199 Å². The van der Waals surface area contributed by atoms with E-state index in [0.717, 1.165) is 86.1 Å². The van der Waals surface area contributed by atoms with E-state index in [1.165, 1.54) is 49.1 Å². The van der Waals surface area contributed by atoms with Gasteiger partial charge in [0.15, 0.2) is 0 Å². The molecule has 45 heteroatoms. The van der Waals surface area contributed by atoms with Gasteiger partial charge in [0.2, 0.25) is 0 Å². The maximum absolute atomic E-state index is 13.0. The fourth-order valence-corrected chi connectivity index (χ4v) is 15.6. The summed E-state index contributed by atoms with van der Waals surface area (Å²) in [4.78, 5) is 119. The first-order valence-corrected chi connectivity index (χ1v) is 46.4. The van der Waals surface area contributed by atoms with E-state index in [9.17, 15) is 98.0 Å². The van der Waals surface area contributed by atoms with Gasteiger partial charge in [0.05, 0.1) is 109 Å². The first-order valence-electron chi connectivity index (χ1n) is 45.3. The molecule has 0 aromatic heterocycles. The maximum atomic E-state index is 13.0. The molecule has 33 nitrogen and oxygen atoms in total. The number of benzene rings is 6. The zero-order valence-electron chi connectivity index (χ0n) is 81.7. The number of anilines is 1. The van der Waals surface area contributed by atoms with Gasteiger partial charge in [0, 0.05) is 75.6 Å². The number of nitrogens with one attached hydrogen (secondary N) is 1. The number of aliphatic hydroxyl groups is 1. The van der Waals surface area contributed by atoms with Gasteiger partial charge in [-0.2, -0.15) is 39.5 Å². The van der Waals surface area contributed by atoms with E-state index in [2.05, 4.69) is 40.6 Å². The van der Waals surface area contributed by atoms with E-state index in [4.69, 9.17) is 53.5 Å². The van der Waals surface area contributed by atoms with E-state index in [1.807, 2.05) is 137 Å². The predicted molar refractivity (Wildman–Crippen MR) is 521 cm³/mol. The van der Waals surface area contributed by atoms with Crippen LogP contribution in [0, 0.1) is 48.3 Å². The van der Waals surface area contributed by atoms with E-state index >= 15 is 0 Å². The van der Waals surface area contributed by atoms with Crippen LogP contribution in [0.3, 0.4) is 0 Å². The molecule has 5 heterocycles.